The fraction of sp³-hybridized carbons (Fsp3) is 1.00. The third-order valence-electron chi connectivity index (χ3n) is 0.748. The second kappa shape index (κ2) is 10.6. The van der Waals surface area contributed by atoms with Crippen molar-refractivity contribution in [2.24, 2.45) is 0 Å². The maximum Gasteiger partial charge on any atom is 1.00 e. The minimum atomic E-state index is 0. The van der Waals surface area contributed by atoms with Gasteiger partial charge in [-0.15, -0.1) is 6.61 Å². The van der Waals surface area contributed by atoms with Crippen molar-refractivity contribution in [2.45, 2.75) is 26.2 Å². The average molecular weight is 126 g/mol. The molecule has 2 heteroatoms. The zero-order valence-corrected chi connectivity index (χ0v) is 8.36. The molecule has 38 valence electrons. The fourth-order valence-corrected chi connectivity index (χ4v) is 0.352. The summed E-state index contributed by atoms with van der Waals surface area (Å²) < 4.78 is 0. The molecule has 0 amide bonds. The van der Waals surface area contributed by atoms with Crippen molar-refractivity contribution in [1.29, 1.82) is 0 Å². The van der Waals surface area contributed by atoms with Gasteiger partial charge < -0.3 is 5.11 Å². The van der Waals surface area contributed by atoms with E-state index in [9.17, 15) is 5.11 Å². The molecule has 0 bridgehead atoms. The van der Waals surface area contributed by atoms with Gasteiger partial charge in [-0.2, -0.15) is 0 Å². The standard InChI is InChI=1S/C5H11O.K/c1-2-3-4-5-6;/h2-5H2,1H3;/q-1;+1. The quantitative estimate of drug-likeness (QED) is 0.304. The van der Waals surface area contributed by atoms with E-state index < -0.39 is 0 Å². The fourth-order valence-electron chi connectivity index (χ4n) is 0.352. The smallest absolute Gasteiger partial charge is 0.854 e. The van der Waals surface area contributed by atoms with Crippen LogP contribution in [0.1, 0.15) is 26.2 Å². The molecular formula is C5H11KO. The van der Waals surface area contributed by atoms with Crippen LogP contribution in [0.5, 0.6) is 0 Å². The van der Waals surface area contributed by atoms with Crippen molar-refractivity contribution in [2.75, 3.05) is 6.61 Å². The molecule has 0 saturated heterocycles. The molecule has 0 aliphatic heterocycles. The number of hydrogen-bond acceptors (Lipinski definition) is 1. The molecule has 1 nitrogen and oxygen atoms in total. The number of hydrogen-bond donors (Lipinski definition) is 0. The van der Waals surface area contributed by atoms with E-state index in [0.29, 0.717) is 0 Å². The molecule has 0 saturated carbocycles. The van der Waals surface area contributed by atoms with Gasteiger partial charge in [-0.05, 0) is 0 Å². The van der Waals surface area contributed by atoms with E-state index in [1.165, 1.54) is 0 Å². The van der Waals surface area contributed by atoms with Gasteiger partial charge in [-0.25, -0.2) is 0 Å². The molecule has 0 aromatic carbocycles. The number of rotatable bonds is 3. The normalized spacial score (nSPS) is 7.71. The van der Waals surface area contributed by atoms with E-state index in [1.807, 2.05) is 0 Å². The Hall–Kier alpha value is 1.60. The Labute approximate surface area is 87.9 Å². The van der Waals surface area contributed by atoms with Gasteiger partial charge in [-0.3, -0.25) is 0 Å². The van der Waals surface area contributed by atoms with Gasteiger partial charge in [0.25, 0.3) is 0 Å². The van der Waals surface area contributed by atoms with Crippen LogP contribution < -0.4 is 56.5 Å². The molecule has 0 aliphatic rings. The molecule has 0 unspecified atom stereocenters. The molecule has 0 fully saturated rings. The second-order valence-corrected chi connectivity index (χ2v) is 1.41. The second-order valence-electron chi connectivity index (χ2n) is 1.41. The predicted octanol–water partition coefficient (Wildman–Crippen LogP) is -2.46. The summed E-state index contributed by atoms with van der Waals surface area (Å²) in [5.41, 5.74) is 0. The first-order chi connectivity index (χ1) is 2.91. The molecule has 0 rings (SSSR count). The third kappa shape index (κ3) is 11.3. The Balaban J connectivity index is 0. The molecule has 0 N–H and O–H groups in total. The third-order valence-corrected chi connectivity index (χ3v) is 0.748. The summed E-state index contributed by atoms with van der Waals surface area (Å²) in [4.78, 5) is 0. The first kappa shape index (κ1) is 11.4. The Morgan fingerprint density at radius 3 is 2.00 bits per heavy atom. The summed E-state index contributed by atoms with van der Waals surface area (Å²) in [6.45, 7) is 2.20. The van der Waals surface area contributed by atoms with E-state index in [-0.39, 0.29) is 58.0 Å². The predicted molar refractivity (Wildman–Crippen MR) is 24.4 cm³/mol. The summed E-state index contributed by atoms with van der Waals surface area (Å²) >= 11 is 0. The van der Waals surface area contributed by atoms with Crippen molar-refractivity contribution < 1.29 is 56.5 Å². The van der Waals surface area contributed by atoms with Gasteiger partial charge >= 0.3 is 51.4 Å². The van der Waals surface area contributed by atoms with Crippen LogP contribution in [0.3, 0.4) is 0 Å². The summed E-state index contributed by atoms with van der Waals surface area (Å²) in [7, 11) is 0. The summed E-state index contributed by atoms with van der Waals surface area (Å²) in [6.07, 6.45) is 3.11. The van der Waals surface area contributed by atoms with Gasteiger partial charge in [0.1, 0.15) is 0 Å². The Morgan fingerprint density at radius 2 is 1.86 bits per heavy atom. The molecule has 7 heavy (non-hydrogen) atoms. The zero-order valence-electron chi connectivity index (χ0n) is 5.24. The molecule has 0 aliphatic carbocycles. The molecule has 0 radical (unpaired) electrons. The van der Waals surface area contributed by atoms with Crippen LogP contribution in [-0.2, 0) is 0 Å². The van der Waals surface area contributed by atoms with Crippen LogP contribution >= 0.6 is 0 Å². The Kier molecular flexibility index (Phi) is 17.2. The molecule has 0 aromatic heterocycles. The van der Waals surface area contributed by atoms with Crippen LogP contribution in [0, 0.1) is 0 Å². The summed E-state index contributed by atoms with van der Waals surface area (Å²) in [5, 5.41) is 9.69. The van der Waals surface area contributed by atoms with E-state index in [4.69, 9.17) is 0 Å². The SMILES string of the molecule is CCCCC[O-].[K+]. The van der Waals surface area contributed by atoms with E-state index in [0.717, 1.165) is 19.3 Å². The molecule has 0 heterocycles. The van der Waals surface area contributed by atoms with Crippen LogP contribution in [-0.4, -0.2) is 6.61 Å². The van der Waals surface area contributed by atoms with Gasteiger partial charge in [0.05, 0.1) is 0 Å². The average Bonchev–Trinajstić information content (AvgIpc) is 1.61. The summed E-state index contributed by atoms with van der Waals surface area (Å²) in [6, 6.07) is 0. The molecule has 0 spiro atoms. The van der Waals surface area contributed by atoms with Crippen molar-refractivity contribution >= 4 is 0 Å². The van der Waals surface area contributed by atoms with Crippen molar-refractivity contribution in [3.63, 3.8) is 0 Å². The molecule has 0 atom stereocenters. The van der Waals surface area contributed by atoms with Gasteiger partial charge in [-0.1, -0.05) is 26.2 Å². The monoisotopic (exact) mass is 126 g/mol. The van der Waals surface area contributed by atoms with E-state index in [1.54, 1.807) is 0 Å². The van der Waals surface area contributed by atoms with Crippen LogP contribution in [0.25, 0.3) is 0 Å². The maximum atomic E-state index is 9.69. The maximum absolute atomic E-state index is 9.69. The molecular weight excluding hydrogens is 115 g/mol. The largest absolute Gasteiger partial charge is 1.00 e. The molecule has 0 aromatic rings. The first-order valence-corrected chi connectivity index (χ1v) is 2.50. The van der Waals surface area contributed by atoms with E-state index >= 15 is 0 Å². The minimum absolute atomic E-state index is 0. The topological polar surface area (TPSA) is 23.1 Å². The van der Waals surface area contributed by atoms with Crippen LogP contribution in [0.4, 0.5) is 0 Å². The minimum Gasteiger partial charge on any atom is -0.854 e. The Bertz CT molecular complexity index is 20.0. The van der Waals surface area contributed by atoms with Gasteiger partial charge in [0.2, 0.25) is 0 Å². The van der Waals surface area contributed by atoms with Crippen molar-refractivity contribution in [3.8, 4) is 0 Å². The van der Waals surface area contributed by atoms with Crippen molar-refractivity contribution in [1.82, 2.24) is 0 Å². The van der Waals surface area contributed by atoms with E-state index in [2.05, 4.69) is 6.92 Å². The number of unbranched alkanes of at least 4 members (excludes halogenated alkanes) is 2. The van der Waals surface area contributed by atoms with Gasteiger partial charge in [0.15, 0.2) is 0 Å². The van der Waals surface area contributed by atoms with Crippen molar-refractivity contribution in [3.05, 3.63) is 0 Å². The van der Waals surface area contributed by atoms with Gasteiger partial charge in [0, 0.05) is 0 Å². The zero-order chi connectivity index (χ0) is 4.83. The Morgan fingerprint density at radius 1 is 1.29 bits per heavy atom. The first-order valence-electron chi connectivity index (χ1n) is 2.50. The van der Waals surface area contributed by atoms with Crippen LogP contribution in [0.2, 0.25) is 0 Å². The summed E-state index contributed by atoms with van der Waals surface area (Å²) in [5.74, 6) is 0. The van der Waals surface area contributed by atoms with Crippen LogP contribution in [0.15, 0.2) is 0 Å².